The SMILES string of the molecule is COc1cc(OC)c([N+](=O)[O-])cc1/C=N/Nc1ccccn1. The summed E-state index contributed by atoms with van der Waals surface area (Å²) in [6.45, 7) is 0. The smallest absolute Gasteiger partial charge is 0.311 e. The van der Waals surface area contributed by atoms with Crippen LogP contribution < -0.4 is 14.9 Å². The number of rotatable bonds is 6. The van der Waals surface area contributed by atoms with E-state index in [1.807, 2.05) is 6.07 Å². The minimum atomic E-state index is -0.526. The molecule has 114 valence electrons. The van der Waals surface area contributed by atoms with Gasteiger partial charge in [-0.05, 0) is 12.1 Å². The van der Waals surface area contributed by atoms with Crippen LogP contribution in [0.1, 0.15) is 5.56 Å². The van der Waals surface area contributed by atoms with E-state index in [9.17, 15) is 10.1 Å². The number of nitro groups is 1. The van der Waals surface area contributed by atoms with Crippen molar-refractivity contribution in [2.45, 2.75) is 0 Å². The molecular weight excluding hydrogens is 288 g/mol. The molecule has 22 heavy (non-hydrogen) atoms. The molecule has 2 aromatic rings. The van der Waals surface area contributed by atoms with Gasteiger partial charge in [0.05, 0.1) is 25.4 Å². The van der Waals surface area contributed by atoms with Crippen molar-refractivity contribution in [2.24, 2.45) is 5.10 Å². The van der Waals surface area contributed by atoms with E-state index >= 15 is 0 Å². The molecule has 0 amide bonds. The van der Waals surface area contributed by atoms with Crippen molar-refractivity contribution in [3.8, 4) is 11.5 Å². The lowest BCUT2D eigenvalue weighted by Crippen LogP contribution is -1.99. The lowest BCUT2D eigenvalue weighted by Gasteiger charge is -2.08. The van der Waals surface area contributed by atoms with Crippen LogP contribution in [-0.4, -0.2) is 30.3 Å². The van der Waals surface area contributed by atoms with Gasteiger partial charge in [-0.25, -0.2) is 4.98 Å². The Morgan fingerprint density at radius 3 is 2.64 bits per heavy atom. The number of ether oxygens (including phenoxy) is 2. The normalized spacial score (nSPS) is 10.5. The molecule has 8 heteroatoms. The van der Waals surface area contributed by atoms with Gasteiger partial charge in [0.1, 0.15) is 11.6 Å². The van der Waals surface area contributed by atoms with Gasteiger partial charge >= 0.3 is 5.69 Å². The first-order chi connectivity index (χ1) is 10.7. The number of anilines is 1. The number of pyridine rings is 1. The van der Waals surface area contributed by atoms with Gasteiger partial charge in [0.2, 0.25) is 5.75 Å². The van der Waals surface area contributed by atoms with Crippen LogP contribution in [-0.2, 0) is 0 Å². The van der Waals surface area contributed by atoms with E-state index in [0.29, 0.717) is 17.1 Å². The van der Waals surface area contributed by atoms with E-state index in [1.54, 1.807) is 18.3 Å². The van der Waals surface area contributed by atoms with E-state index in [2.05, 4.69) is 15.5 Å². The number of methoxy groups -OCH3 is 2. The van der Waals surface area contributed by atoms with Gasteiger partial charge in [0.25, 0.3) is 0 Å². The van der Waals surface area contributed by atoms with Crippen LogP contribution in [0.3, 0.4) is 0 Å². The average molecular weight is 302 g/mol. The Kier molecular flexibility index (Phi) is 4.86. The highest BCUT2D eigenvalue weighted by atomic mass is 16.6. The van der Waals surface area contributed by atoms with Crippen LogP contribution in [0.15, 0.2) is 41.6 Å². The van der Waals surface area contributed by atoms with Crippen molar-refractivity contribution in [3.63, 3.8) is 0 Å². The number of aromatic nitrogens is 1. The largest absolute Gasteiger partial charge is 0.496 e. The summed E-state index contributed by atoms with van der Waals surface area (Å²) in [5, 5.41) is 15.0. The summed E-state index contributed by atoms with van der Waals surface area (Å²) >= 11 is 0. The second kappa shape index (κ2) is 7.02. The monoisotopic (exact) mass is 302 g/mol. The number of hydrazone groups is 1. The molecule has 0 aliphatic heterocycles. The van der Waals surface area contributed by atoms with Crippen molar-refractivity contribution in [1.29, 1.82) is 0 Å². The maximum Gasteiger partial charge on any atom is 0.311 e. The third-order valence-corrected chi connectivity index (χ3v) is 2.78. The Hall–Kier alpha value is -3.16. The number of hydrogen-bond acceptors (Lipinski definition) is 7. The lowest BCUT2D eigenvalue weighted by atomic mass is 10.1. The average Bonchev–Trinajstić information content (AvgIpc) is 2.55. The predicted molar refractivity (Wildman–Crippen MR) is 81.7 cm³/mol. The van der Waals surface area contributed by atoms with E-state index in [-0.39, 0.29) is 11.4 Å². The van der Waals surface area contributed by atoms with Gasteiger partial charge in [0.15, 0.2) is 0 Å². The second-order valence-electron chi connectivity index (χ2n) is 4.11. The topological polar surface area (TPSA) is 98.9 Å². The molecule has 1 N–H and O–H groups in total. The predicted octanol–water partition coefficient (Wildman–Crippen LogP) is 2.45. The van der Waals surface area contributed by atoms with Crippen molar-refractivity contribution >= 4 is 17.7 Å². The van der Waals surface area contributed by atoms with Gasteiger partial charge in [-0.2, -0.15) is 5.10 Å². The molecule has 0 unspecified atom stereocenters. The number of hydrogen-bond donors (Lipinski definition) is 1. The number of benzene rings is 1. The number of nitrogens with one attached hydrogen (secondary N) is 1. The second-order valence-corrected chi connectivity index (χ2v) is 4.11. The van der Waals surface area contributed by atoms with Crippen LogP contribution >= 0.6 is 0 Å². The molecule has 0 radical (unpaired) electrons. The van der Waals surface area contributed by atoms with Gasteiger partial charge in [-0.15, -0.1) is 0 Å². The molecule has 0 aliphatic rings. The minimum Gasteiger partial charge on any atom is -0.496 e. The van der Waals surface area contributed by atoms with Gasteiger partial charge in [-0.1, -0.05) is 6.07 Å². The van der Waals surface area contributed by atoms with E-state index in [1.165, 1.54) is 32.6 Å². The third kappa shape index (κ3) is 3.48. The quantitative estimate of drug-likeness (QED) is 0.500. The van der Waals surface area contributed by atoms with Gasteiger partial charge in [-0.3, -0.25) is 15.5 Å². The third-order valence-electron chi connectivity index (χ3n) is 2.78. The first kappa shape index (κ1) is 15.2. The van der Waals surface area contributed by atoms with Crippen molar-refractivity contribution < 1.29 is 14.4 Å². The van der Waals surface area contributed by atoms with E-state index in [4.69, 9.17) is 9.47 Å². The fourth-order valence-corrected chi connectivity index (χ4v) is 1.75. The maximum absolute atomic E-state index is 11.0. The molecule has 1 heterocycles. The highest BCUT2D eigenvalue weighted by Crippen LogP contribution is 2.33. The summed E-state index contributed by atoms with van der Waals surface area (Å²) < 4.78 is 10.2. The standard InChI is InChI=1S/C14H14N4O4/c1-21-12-8-13(22-2)11(18(19)20)7-10(12)9-16-17-14-5-3-4-6-15-14/h3-9H,1-2H3,(H,15,17)/b16-9+. The van der Waals surface area contributed by atoms with Gasteiger partial charge in [0, 0.05) is 23.9 Å². The Labute approximate surface area is 126 Å². The molecule has 0 fully saturated rings. The summed E-state index contributed by atoms with van der Waals surface area (Å²) in [5.74, 6) is 1.09. The highest BCUT2D eigenvalue weighted by Gasteiger charge is 2.18. The molecule has 1 aromatic heterocycles. The Balaban J connectivity index is 2.29. The van der Waals surface area contributed by atoms with Crippen molar-refractivity contribution in [3.05, 3.63) is 52.2 Å². The van der Waals surface area contributed by atoms with Crippen molar-refractivity contribution in [1.82, 2.24) is 4.98 Å². The molecule has 0 bridgehead atoms. The van der Waals surface area contributed by atoms with Gasteiger partial charge < -0.3 is 9.47 Å². The zero-order valence-corrected chi connectivity index (χ0v) is 12.0. The molecular formula is C14H14N4O4. The zero-order valence-electron chi connectivity index (χ0n) is 12.0. The fourth-order valence-electron chi connectivity index (χ4n) is 1.75. The van der Waals surface area contributed by atoms with Crippen LogP contribution in [0.5, 0.6) is 11.5 Å². The molecule has 8 nitrogen and oxygen atoms in total. The molecule has 0 atom stereocenters. The number of nitro benzene ring substituents is 1. The Bertz CT molecular complexity index is 689. The van der Waals surface area contributed by atoms with E-state index in [0.717, 1.165) is 0 Å². The first-order valence-electron chi connectivity index (χ1n) is 6.26. The molecule has 0 aliphatic carbocycles. The summed E-state index contributed by atoms with van der Waals surface area (Å²) in [7, 11) is 2.82. The summed E-state index contributed by atoms with van der Waals surface area (Å²) in [6.07, 6.45) is 3.04. The molecule has 2 rings (SSSR count). The highest BCUT2D eigenvalue weighted by molar-refractivity contribution is 5.86. The van der Waals surface area contributed by atoms with Crippen molar-refractivity contribution in [2.75, 3.05) is 19.6 Å². The zero-order chi connectivity index (χ0) is 15.9. The molecule has 0 spiro atoms. The molecule has 0 saturated heterocycles. The fraction of sp³-hybridized carbons (Fsp3) is 0.143. The van der Waals surface area contributed by atoms with Crippen LogP contribution in [0, 0.1) is 10.1 Å². The van der Waals surface area contributed by atoms with Crippen LogP contribution in [0.25, 0.3) is 0 Å². The van der Waals surface area contributed by atoms with Crippen LogP contribution in [0.2, 0.25) is 0 Å². The first-order valence-corrected chi connectivity index (χ1v) is 6.26. The maximum atomic E-state index is 11.0. The lowest BCUT2D eigenvalue weighted by molar-refractivity contribution is -0.385. The molecule has 0 saturated carbocycles. The van der Waals surface area contributed by atoms with E-state index < -0.39 is 4.92 Å². The summed E-state index contributed by atoms with van der Waals surface area (Å²) in [4.78, 5) is 14.6. The number of nitrogens with zero attached hydrogens (tertiary/aromatic N) is 3. The molecule has 1 aromatic carbocycles. The summed E-state index contributed by atoms with van der Waals surface area (Å²) in [6, 6.07) is 8.11. The summed E-state index contributed by atoms with van der Waals surface area (Å²) in [5.41, 5.74) is 3.00. The minimum absolute atomic E-state index is 0.122. The Morgan fingerprint density at radius 2 is 2.05 bits per heavy atom. The van der Waals surface area contributed by atoms with Crippen LogP contribution in [0.4, 0.5) is 11.5 Å². The Morgan fingerprint density at radius 1 is 1.27 bits per heavy atom.